The number of imidazole rings is 1. The molecule has 1 aromatic rings. The van der Waals surface area contributed by atoms with Crippen molar-refractivity contribution >= 4 is 0 Å². The van der Waals surface area contributed by atoms with E-state index in [4.69, 9.17) is 0 Å². The van der Waals surface area contributed by atoms with Crippen LogP contribution in [0.4, 0.5) is 0 Å². The molecule has 0 saturated heterocycles. The largest absolute Gasteiger partial charge is 0.256 e. The standard InChI is InChI=1S/C54H107N2/c1-4-7-10-13-16-19-22-25-28-30-33-36-39-42-45-48-51-56-53-52-55(50-47-44-41-38-35-32-27-24-21-18-15-12-9-6-3)54(56)49-46-43-40-37-34-31-29-26-23-20-17-14-11-8-5-2/h52-53H,4-51H2,1-3H3/q+1. The summed E-state index contributed by atoms with van der Waals surface area (Å²) in [6.45, 7) is 9.42. The first kappa shape index (κ1) is 53.2. The van der Waals surface area contributed by atoms with E-state index in [0.717, 1.165) is 0 Å². The van der Waals surface area contributed by atoms with E-state index in [1.165, 1.54) is 308 Å². The Morgan fingerprint density at radius 1 is 0.304 bits per heavy atom. The van der Waals surface area contributed by atoms with Gasteiger partial charge in [-0.05, 0) is 32.1 Å². The Kier molecular flexibility index (Phi) is 43.1. The number of aryl methyl sites for hydroxylation is 2. The number of hydrogen-bond donors (Lipinski definition) is 0. The minimum atomic E-state index is 1.23. The van der Waals surface area contributed by atoms with Crippen LogP contribution in [0, 0.1) is 0 Å². The Morgan fingerprint density at radius 3 is 0.857 bits per heavy atom. The summed E-state index contributed by atoms with van der Waals surface area (Å²) in [5.74, 6) is 1.63. The fourth-order valence-corrected chi connectivity index (χ4v) is 9.15. The summed E-state index contributed by atoms with van der Waals surface area (Å²) < 4.78 is 5.33. The number of hydrogen-bond acceptors (Lipinski definition) is 0. The SMILES string of the molecule is CCCCCCCCCCCCCCCCCC[n+]1ccn(CCCCCCCCCCCCCCCC)c1CCCCCCCCCCCCCCCCC. The van der Waals surface area contributed by atoms with Crippen LogP contribution in [-0.4, -0.2) is 4.57 Å². The summed E-state index contributed by atoms with van der Waals surface area (Å²) in [5.41, 5.74) is 0. The van der Waals surface area contributed by atoms with Crippen LogP contribution in [0.3, 0.4) is 0 Å². The van der Waals surface area contributed by atoms with Crippen molar-refractivity contribution in [2.75, 3.05) is 0 Å². The molecule has 2 heteroatoms. The molecule has 0 bridgehead atoms. The molecule has 0 aliphatic heterocycles. The molecular formula is C54H107N2+. The highest BCUT2D eigenvalue weighted by Crippen LogP contribution is 2.17. The van der Waals surface area contributed by atoms with E-state index in [2.05, 4.69) is 42.3 Å². The van der Waals surface area contributed by atoms with E-state index in [0.29, 0.717) is 0 Å². The zero-order chi connectivity index (χ0) is 40.1. The van der Waals surface area contributed by atoms with Gasteiger partial charge in [0.2, 0.25) is 0 Å². The van der Waals surface area contributed by atoms with Crippen molar-refractivity contribution in [2.24, 2.45) is 0 Å². The van der Waals surface area contributed by atoms with Gasteiger partial charge in [0.05, 0.1) is 13.1 Å². The van der Waals surface area contributed by atoms with Gasteiger partial charge < -0.3 is 0 Å². The molecule has 1 aromatic heterocycles. The number of nitrogens with zero attached hydrogens (tertiary/aromatic N) is 2. The third-order valence-corrected chi connectivity index (χ3v) is 13.1. The maximum Gasteiger partial charge on any atom is 0.256 e. The molecule has 0 aliphatic rings. The molecule has 2 nitrogen and oxygen atoms in total. The highest BCUT2D eigenvalue weighted by atomic mass is 15.1. The molecule has 0 unspecified atom stereocenters. The summed E-state index contributed by atoms with van der Waals surface area (Å²) in [4.78, 5) is 0. The monoisotopic (exact) mass is 784 g/mol. The molecule has 0 saturated carbocycles. The normalized spacial score (nSPS) is 11.7. The van der Waals surface area contributed by atoms with Crippen LogP contribution in [0.1, 0.15) is 316 Å². The van der Waals surface area contributed by atoms with Crippen molar-refractivity contribution < 1.29 is 4.57 Å². The molecule has 0 N–H and O–H groups in total. The zero-order valence-corrected chi connectivity index (χ0v) is 39.5. The Labute approximate surface area is 355 Å². The van der Waals surface area contributed by atoms with E-state index >= 15 is 0 Å². The fraction of sp³-hybridized carbons (Fsp3) is 0.944. The summed E-state index contributed by atoms with van der Waals surface area (Å²) in [7, 11) is 0. The van der Waals surface area contributed by atoms with E-state index in [1.54, 1.807) is 5.82 Å². The predicted octanol–water partition coefficient (Wildman–Crippen LogP) is 18.9. The molecule has 1 rings (SSSR count). The minimum Gasteiger partial charge on any atom is -0.234 e. The van der Waals surface area contributed by atoms with Gasteiger partial charge in [-0.2, -0.15) is 0 Å². The number of unbranched alkanes of at least 4 members (excludes halogenated alkanes) is 42. The molecule has 0 aromatic carbocycles. The highest BCUT2D eigenvalue weighted by Gasteiger charge is 2.16. The fourth-order valence-electron chi connectivity index (χ4n) is 9.15. The van der Waals surface area contributed by atoms with Crippen molar-refractivity contribution in [1.82, 2.24) is 4.57 Å². The smallest absolute Gasteiger partial charge is 0.234 e. The lowest BCUT2D eigenvalue weighted by Crippen LogP contribution is -2.37. The molecule has 0 fully saturated rings. The second-order valence-electron chi connectivity index (χ2n) is 18.7. The lowest BCUT2D eigenvalue weighted by Gasteiger charge is -2.07. The van der Waals surface area contributed by atoms with Crippen LogP contribution in [0.15, 0.2) is 12.4 Å². The van der Waals surface area contributed by atoms with Crippen molar-refractivity contribution in [2.45, 2.75) is 329 Å². The Morgan fingerprint density at radius 2 is 0.554 bits per heavy atom. The molecule has 0 spiro atoms. The Bertz CT molecular complexity index is 857. The number of rotatable bonds is 48. The minimum absolute atomic E-state index is 1.23. The van der Waals surface area contributed by atoms with Crippen LogP contribution in [0.2, 0.25) is 0 Å². The second kappa shape index (κ2) is 45.3. The van der Waals surface area contributed by atoms with Gasteiger partial charge in [-0.15, -0.1) is 0 Å². The van der Waals surface area contributed by atoms with Gasteiger partial charge in [0, 0.05) is 6.42 Å². The van der Waals surface area contributed by atoms with Gasteiger partial charge in [0.25, 0.3) is 5.82 Å². The first-order chi connectivity index (χ1) is 27.8. The predicted molar refractivity (Wildman–Crippen MR) is 253 cm³/mol. The summed E-state index contributed by atoms with van der Waals surface area (Å²) in [5, 5.41) is 0. The van der Waals surface area contributed by atoms with Gasteiger partial charge in [-0.25, -0.2) is 9.13 Å². The summed E-state index contributed by atoms with van der Waals surface area (Å²) in [6, 6.07) is 0. The first-order valence-electron chi connectivity index (χ1n) is 26.9. The lowest BCUT2D eigenvalue weighted by molar-refractivity contribution is -0.704. The van der Waals surface area contributed by atoms with Crippen molar-refractivity contribution in [3.05, 3.63) is 18.2 Å². The van der Waals surface area contributed by atoms with Gasteiger partial charge >= 0.3 is 0 Å². The zero-order valence-electron chi connectivity index (χ0n) is 39.5. The molecule has 0 radical (unpaired) electrons. The van der Waals surface area contributed by atoms with Gasteiger partial charge in [-0.1, -0.05) is 278 Å². The summed E-state index contributed by atoms with van der Waals surface area (Å²) in [6.07, 6.45) is 71.3. The maximum absolute atomic E-state index is 2.66. The van der Waals surface area contributed by atoms with Gasteiger partial charge in [0.15, 0.2) is 0 Å². The van der Waals surface area contributed by atoms with Crippen LogP contribution < -0.4 is 4.57 Å². The highest BCUT2D eigenvalue weighted by molar-refractivity contribution is 4.84. The first-order valence-corrected chi connectivity index (χ1v) is 26.9. The van der Waals surface area contributed by atoms with E-state index in [1.807, 2.05) is 0 Å². The van der Waals surface area contributed by atoms with Crippen LogP contribution in [-0.2, 0) is 19.5 Å². The third kappa shape index (κ3) is 36.3. The molecule has 56 heavy (non-hydrogen) atoms. The number of aromatic nitrogens is 2. The third-order valence-electron chi connectivity index (χ3n) is 13.1. The van der Waals surface area contributed by atoms with Gasteiger partial charge in [-0.3, -0.25) is 0 Å². The molecule has 0 amide bonds. The van der Waals surface area contributed by atoms with Crippen molar-refractivity contribution in [3.8, 4) is 0 Å². The van der Waals surface area contributed by atoms with E-state index in [-0.39, 0.29) is 0 Å². The summed E-state index contributed by atoms with van der Waals surface area (Å²) >= 11 is 0. The Hall–Kier alpha value is -0.790. The van der Waals surface area contributed by atoms with Crippen molar-refractivity contribution in [3.63, 3.8) is 0 Å². The average molecular weight is 784 g/mol. The quantitative estimate of drug-likeness (QED) is 0.0460. The Balaban J connectivity index is 2.25. The van der Waals surface area contributed by atoms with Crippen LogP contribution in [0.5, 0.6) is 0 Å². The van der Waals surface area contributed by atoms with E-state index < -0.39 is 0 Å². The molecule has 0 aliphatic carbocycles. The average Bonchev–Trinajstić information content (AvgIpc) is 3.59. The van der Waals surface area contributed by atoms with Crippen LogP contribution >= 0.6 is 0 Å². The van der Waals surface area contributed by atoms with Gasteiger partial charge in [0.1, 0.15) is 12.4 Å². The van der Waals surface area contributed by atoms with Crippen LogP contribution in [0.25, 0.3) is 0 Å². The maximum atomic E-state index is 2.66. The molecule has 1 heterocycles. The lowest BCUT2D eigenvalue weighted by atomic mass is 10.0. The van der Waals surface area contributed by atoms with E-state index in [9.17, 15) is 0 Å². The molecular weight excluding hydrogens is 677 g/mol. The second-order valence-corrected chi connectivity index (χ2v) is 18.7. The van der Waals surface area contributed by atoms with Crippen molar-refractivity contribution in [1.29, 1.82) is 0 Å². The molecule has 332 valence electrons. The topological polar surface area (TPSA) is 8.81 Å². The molecule has 0 atom stereocenters.